The highest BCUT2D eigenvalue weighted by Gasteiger charge is 2.27. The van der Waals surface area contributed by atoms with Crippen LogP contribution >= 0.6 is 0 Å². The smallest absolute Gasteiger partial charge is 0.269 e. The van der Waals surface area contributed by atoms with E-state index in [-0.39, 0.29) is 17.6 Å². The number of nitro benzene ring substituents is 1. The van der Waals surface area contributed by atoms with Gasteiger partial charge in [-0.2, -0.15) is 0 Å². The third-order valence-electron chi connectivity index (χ3n) is 5.74. The van der Waals surface area contributed by atoms with Crippen molar-refractivity contribution in [2.45, 2.75) is 6.04 Å². The van der Waals surface area contributed by atoms with Crippen LogP contribution in [0.1, 0.15) is 22.7 Å². The van der Waals surface area contributed by atoms with Gasteiger partial charge in [0.1, 0.15) is 0 Å². The Hall–Kier alpha value is -3.77. The number of carbonyl (C=O) groups excluding carboxylic acids is 1. The SMILES string of the molecule is O=C(C=Cc1ccc([N+](=O)[O-])cc1)N1CCN(C(c2ccccc2)c2ccccc2)CC1. The third kappa shape index (κ3) is 5.10. The molecule has 0 aliphatic carbocycles. The first-order chi connectivity index (χ1) is 15.6. The minimum atomic E-state index is -0.434. The van der Waals surface area contributed by atoms with Crippen molar-refractivity contribution in [3.05, 3.63) is 118 Å². The van der Waals surface area contributed by atoms with Gasteiger partial charge in [0.2, 0.25) is 5.91 Å². The molecule has 0 bridgehead atoms. The lowest BCUT2D eigenvalue weighted by Crippen LogP contribution is -2.49. The van der Waals surface area contributed by atoms with E-state index in [0.29, 0.717) is 13.1 Å². The van der Waals surface area contributed by atoms with Gasteiger partial charge in [0, 0.05) is 44.4 Å². The molecule has 0 spiro atoms. The van der Waals surface area contributed by atoms with Crippen molar-refractivity contribution in [3.63, 3.8) is 0 Å². The minimum absolute atomic E-state index is 0.0379. The predicted octanol–water partition coefficient (Wildman–Crippen LogP) is 4.54. The normalized spacial score (nSPS) is 14.7. The van der Waals surface area contributed by atoms with Crippen molar-refractivity contribution >= 4 is 17.7 Å². The first kappa shape index (κ1) is 21.5. The second-order valence-electron chi connectivity index (χ2n) is 7.77. The zero-order valence-electron chi connectivity index (χ0n) is 17.7. The molecule has 32 heavy (non-hydrogen) atoms. The summed E-state index contributed by atoms with van der Waals surface area (Å²) in [6.45, 7) is 2.87. The molecule has 6 nitrogen and oxygen atoms in total. The van der Waals surface area contributed by atoms with Gasteiger partial charge in [0.15, 0.2) is 0 Å². The van der Waals surface area contributed by atoms with Crippen LogP contribution in [-0.4, -0.2) is 46.8 Å². The number of nitro groups is 1. The number of nitrogens with zero attached hydrogens (tertiary/aromatic N) is 3. The summed E-state index contributed by atoms with van der Waals surface area (Å²) < 4.78 is 0. The number of amides is 1. The molecule has 4 rings (SSSR count). The topological polar surface area (TPSA) is 66.7 Å². The lowest BCUT2D eigenvalue weighted by molar-refractivity contribution is -0.384. The van der Waals surface area contributed by atoms with Crippen molar-refractivity contribution in [3.8, 4) is 0 Å². The maximum atomic E-state index is 12.7. The van der Waals surface area contributed by atoms with Gasteiger partial charge in [-0.05, 0) is 34.9 Å². The Labute approximate surface area is 187 Å². The van der Waals surface area contributed by atoms with E-state index in [2.05, 4.69) is 53.4 Å². The molecule has 3 aromatic rings. The Bertz CT molecular complexity index is 1030. The average Bonchev–Trinajstić information content (AvgIpc) is 2.85. The van der Waals surface area contributed by atoms with Crippen LogP contribution in [0.15, 0.2) is 91.0 Å². The molecule has 0 atom stereocenters. The Balaban J connectivity index is 1.41. The molecule has 1 amide bonds. The number of non-ortho nitro benzene ring substituents is 1. The van der Waals surface area contributed by atoms with Crippen LogP contribution in [0, 0.1) is 10.1 Å². The first-order valence-corrected chi connectivity index (χ1v) is 10.7. The first-order valence-electron chi connectivity index (χ1n) is 10.7. The predicted molar refractivity (Wildman–Crippen MR) is 125 cm³/mol. The van der Waals surface area contributed by atoms with Gasteiger partial charge in [-0.3, -0.25) is 19.8 Å². The zero-order valence-corrected chi connectivity index (χ0v) is 17.7. The molecule has 1 heterocycles. The summed E-state index contributed by atoms with van der Waals surface area (Å²) in [6, 6.07) is 27.3. The molecule has 162 valence electrons. The summed E-state index contributed by atoms with van der Waals surface area (Å²) in [5.41, 5.74) is 3.29. The van der Waals surface area contributed by atoms with Gasteiger partial charge in [-0.1, -0.05) is 60.7 Å². The number of hydrogen-bond acceptors (Lipinski definition) is 4. The van der Waals surface area contributed by atoms with E-state index in [0.717, 1.165) is 18.7 Å². The maximum absolute atomic E-state index is 12.7. The van der Waals surface area contributed by atoms with E-state index in [1.165, 1.54) is 23.3 Å². The van der Waals surface area contributed by atoms with Crippen LogP contribution in [0.3, 0.4) is 0 Å². The molecule has 1 aliphatic rings. The largest absolute Gasteiger partial charge is 0.337 e. The highest BCUT2D eigenvalue weighted by Crippen LogP contribution is 2.29. The quantitative estimate of drug-likeness (QED) is 0.329. The number of rotatable bonds is 6. The molecular weight excluding hydrogens is 402 g/mol. The van der Waals surface area contributed by atoms with Gasteiger partial charge >= 0.3 is 0 Å². The van der Waals surface area contributed by atoms with Gasteiger partial charge in [0.25, 0.3) is 5.69 Å². The van der Waals surface area contributed by atoms with Crippen molar-refractivity contribution in [1.82, 2.24) is 9.80 Å². The van der Waals surface area contributed by atoms with Crippen molar-refractivity contribution < 1.29 is 9.72 Å². The Morgan fingerprint density at radius 1 is 0.812 bits per heavy atom. The van der Waals surface area contributed by atoms with Gasteiger partial charge in [-0.25, -0.2) is 0 Å². The monoisotopic (exact) mass is 427 g/mol. The second-order valence-corrected chi connectivity index (χ2v) is 7.77. The van der Waals surface area contributed by atoms with Crippen LogP contribution in [0.4, 0.5) is 5.69 Å². The molecule has 1 saturated heterocycles. The van der Waals surface area contributed by atoms with Crippen molar-refractivity contribution in [1.29, 1.82) is 0 Å². The van der Waals surface area contributed by atoms with E-state index < -0.39 is 4.92 Å². The molecule has 1 aliphatic heterocycles. The Morgan fingerprint density at radius 2 is 1.34 bits per heavy atom. The Morgan fingerprint density at radius 3 is 1.84 bits per heavy atom. The highest BCUT2D eigenvalue weighted by molar-refractivity contribution is 5.91. The zero-order chi connectivity index (χ0) is 22.3. The second kappa shape index (κ2) is 10.0. The average molecular weight is 428 g/mol. The molecule has 0 aromatic heterocycles. The molecule has 0 saturated carbocycles. The molecule has 3 aromatic carbocycles. The summed E-state index contributed by atoms with van der Waals surface area (Å²) >= 11 is 0. The van der Waals surface area contributed by atoms with Gasteiger partial charge in [0.05, 0.1) is 11.0 Å². The van der Waals surface area contributed by atoms with E-state index in [1.54, 1.807) is 24.3 Å². The van der Waals surface area contributed by atoms with Crippen LogP contribution in [0.25, 0.3) is 6.08 Å². The fraction of sp³-hybridized carbons (Fsp3) is 0.192. The van der Waals surface area contributed by atoms with Crippen molar-refractivity contribution in [2.24, 2.45) is 0 Å². The third-order valence-corrected chi connectivity index (χ3v) is 5.74. The van der Waals surface area contributed by atoms with Crippen molar-refractivity contribution in [2.75, 3.05) is 26.2 Å². The van der Waals surface area contributed by atoms with Crippen LogP contribution in [0.2, 0.25) is 0 Å². The van der Waals surface area contributed by atoms with Gasteiger partial charge in [-0.15, -0.1) is 0 Å². The summed E-state index contributed by atoms with van der Waals surface area (Å²) in [7, 11) is 0. The molecule has 0 N–H and O–H groups in total. The summed E-state index contributed by atoms with van der Waals surface area (Å²) in [5, 5.41) is 10.8. The highest BCUT2D eigenvalue weighted by atomic mass is 16.6. The Kier molecular flexibility index (Phi) is 6.72. The lowest BCUT2D eigenvalue weighted by Gasteiger charge is -2.39. The fourth-order valence-electron chi connectivity index (χ4n) is 4.07. The van der Waals surface area contributed by atoms with Crippen LogP contribution in [-0.2, 0) is 4.79 Å². The van der Waals surface area contributed by atoms with E-state index in [4.69, 9.17) is 0 Å². The molecule has 1 fully saturated rings. The standard InChI is InChI=1S/C26H25N3O3/c30-25(16-13-21-11-14-24(15-12-21)29(31)32)27-17-19-28(20-18-27)26(22-7-3-1-4-8-22)23-9-5-2-6-10-23/h1-16,26H,17-20H2. The van der Waals surface area contributed by atoms with E-state index in [1.807, 2.05) is 17.0 Å². The summed E-state index contributed by atoms with van der Waals surface area (Å²) in [4.78, 5) is 27.3. The van der Waals surface area contributed by atoms with Crippen LogP contribution < -0.4 is 0 Å². The fourth-order valence-corrected chi connectivity index (χ4v) is 4.07. The number of piperazine rings is 1. The number of carbonyl (C=O) groups is 1. The molecule has 0 radical (unpaired) electrons. The molecule has 6 heteroatoms. The number of benzene rings is 3. The van der Waals surface area contributed by atoms with E-state index in [9.17, 15) is 14.9 Å². The summed E-state index contributed by atoms with van der Waals surface area (Å²) in [5.74, 6) is -0.0426. The van der Waals surface area contributed by atoms with E-state index >= 15 is 0 Å². The number of hydrogen-bond donors (Lipinski definition) is 0. The minimum Gasteiger partial charge on any atom is -0.337 e. The maximum Gasteiger partial charge on any atom is 0.269 e. The van der Waals surface area contributed by atoms with Gasteiger partial charge < -0.3 is 4.90 Å². The molecule has 0 unspecified atom stereocenters. The lowest BCUT2D eigenvalue weighted by atomic mass is 9.96. The van der Waals surface area contributed by atoms with Crippen LogP contribution in [0.5, 0.6) is 0 Å². The molecular formula is C26H25N3O3. The summed E-state index contributed by atoms with van der Waals surface area (Å²) in [6.07, 6.45) is 3.25.